The molecule has 6 aromatic carbocycles. The molecule has 0 bridgehead atoms. The molecule has 2 aliphatic rings. The number of anilines is 2. The average molecular weight is 526 g/mol. The molecule has 4 heteroatoms. The molecule has 0 fully saturated rings. The number of nitrogens with zero attached hydrogens (tertiary/aromatic N) is 1. The molecule has 0 saturated heterocycles. The summed E-state index contributed by atoms with van der Waals surface area (Å²) in [4.78, 5) is 0. The molecule has 9 rings (SSSR count). The first kappa shape index (κ1) is 22.7. The van der Waals surface area contributed by atoms with Crippen molar-refractivity contribution in [3.63, 3.8) is 0 Å². The normalized spacial score (nSPS) is 12.8. The Bertz CT molecular complexity index is 2230. The maximum atomic E-state index is 15.2. The van der Waals surface area contributed by atoms with Gasteiger partial charge in [-0.3, -0.25) is 0 Å². The largest absolute Gasteiger partial charge is 0.356 e. The summed E-state index contributed by atoms with van der Waals surface area (Å²) in [7, 11) is 0. The van der Waals surface area contributed by atoms with Crippen LogP contribution in [0, 0.1) is 12.7 Å². The molecule has 2 nitrogen and oxygen atoms in total. The van der Waals surface area contributed by atoms with Crippen LogP contribution in [-0.4, -0.2) is 11.3 Å². The van der Waals surface area contributed by atoms with E-state index < -0.39 is 0 Å². The summed E-state index contributed by atoms with van der Waals surface area (Å²) in [6, 6.07) is 41.9. The second-order valence-electron chi connectivity index (χ2n) is 11.2. The van der Waals surface area contributed by atoms with Crippen molar-refractivity contribution in [3.8, 4) is 27.9 Å². The van der Waals surface area contributed by atoms with E-state index in [9.17, 15) is 0 Å². The molecule has 0 unspecified atom stereocenters. The Morgan fingerprint density at radius 2 is 1.37 bits per heavy atom. The average Bonchev–Trinajstić information content (AvgIpc) is 3.35. The van der Waals surface area contributed by atoms with E-state index in [1.54, 1.807) is 12.1 Å². The van der Waals surface area contributed by atoms with Crippen LogP contribution in [0.3, 0.4) is 0 Å². The molecule has 0 spiro atoms. The van der Waals surface area contributed by atoms with E-state index in [2.05, 4.69) is 114 Å². The zero-order valence-electron chi connectivity index (χ0n) is 22.4. The second kappa shape index (κ2) is 8.22. The van der Waals surface area contributed by atoms with Gasteiger partial charge in [-0.25, -0.2) is 4.39 Å². The van der Waals surface area contributed by atoms with Gasteiger partial charge in [-0.05, 0) is 64.3 Å². The monoisotopic (exact) mass is 526 g/mol. The molecular weight excluding hydrogens is 502 g/mol. The number of nitrogens with one attached hydrogen (secondary N) is 1. The van der Waals surface area contributed by atoms with Gasteiger partial charge in [-0.2, -0.15) is 0 Å². The van der Waals surface area contributed by atoms with Gasteiger partial charge >= 0.3 is 0 Å². The van der Waals surface area contributed by atoms with Crippen LogP contribution in [0.15, 0.2) is 121 Å². The first-order valence-corrected chi connectivity index (χ1v) is 14.1. The fourth-order valence-electron chi connectivity index (χ4n) is 7.27. The van der Waals surface area contributed by atoms with Crippen molar-refractivity contribution in [1.82, 2.24) is 4.57 Å². The molecule has 2 aliphatic heterocycles. The predicted octanol–water partition coefficient (Wildman–Crippen LogP) is 7.45. The molecule has 0 saturated carbocycles. The highest BCUT2D eigenvalue weighted by Crippen LogP contribution is 2.40. The number of fused-ring (bicyclic) bond motifs is 7. The molecule has 0 radical (unpaired) electrons. The maximum absolute atomic E-state index is 15.2. The van der Waals surface area contributed by atoms with Crippen LogP contribution in [0.5, 0.6) is 0 Å². The highest BCUT2D eigenvalue weighted by Gasteiger charge is 2.40. The van der Waals surface area contributed by atoms with E-state index in [1.807, 2.05) is 12.1 Å². The van der Waals surface area contributed by atoms with Crippen molar-refractivity contribution in [2.24, 2.45) is 0 Å². The minimum Gasteiger partial charge on any atom is -0.356 e. The Labute approximate surface area is 237 Å². The van der Waals surface area contributed by atoms with Gasteiger partial charge in [0.2, 0.25) is 0 Å². The van der Waals surface area contributed by atoms with Gasteiger partial charge in [0.25, 0.3) is 6.71 Å². The van der Waals surface area contributed by atoms with Crippen LogP contribution in [0.25, 0.3) is 49.7 Å². The van der Waals surface area contributed by atoms with Crippen molar-refractivity contribution >= 4 is 56.3 Å². The second-order valence-corrected chi connectivity index (χ2v) is 11.2. The van der Waals surface area contributed by atoms with E-state index in [1.165, 1.54) is 54.9 Å². The molecule has 1 aromatic heterocycles. The summed E-state index contributed by atoms with van der Waals surface area (Å²) in [5, 5.41) is 6.35. The number of halogens is 1. The van der Waals surface area contributed by atoms with Crippen LogP contribution in [0.4, 0.5) is 15.8 Å². The fraction of sp³-hybridized carbons (Fsp3) is 0.0270. The molecule has 41 heavy (non-hydrogen) atoms. The molecular formula is C37H24BFN2. The number of aromatic nitrogens is 1. The fourth-order valence-corrected chi connectivity index (χ4v) is 7.27. The molecule has 3 heterocycles. The Morgan fingerprint density at radius 3 is 2.24 bits per heavy atom. The predicted molar refractivity (Wildman–Crippen MR) is 171 cm³/mol. The van der Waals surface area contributed by atoms with Gasteiger partial charge in [0.15, 0.2) is 0 Å². The smallest absolute Gasteiger partial charge is 0.252 e. The molecule has 7 aromatic rings. The summed E-state index contributed by atoms with van der Waals surface area (Å²) in [6.45, 7) is 2.22. The number of rotatable bonds is 2. The first-order chi connectivity index (χ1) is 20.2. The van der Waals surface area contributed by atoms with Crippen LogP contribution < -0.4 is 21.7 Å². The molecule has 0 amide bonds. The van der Waals surface area contributed by atoms with Crippen molar-refractivity contribution in [1.29, 1.82) is 0 Å². The lowest BCUT2D eigenvalue weighted by atomic mass is 9.34. The summed E-state index contributed by atoms with van der Waals surface area (Å²) in [6.07, 6.45) is 0. The summed E-state index contributed by atoms with van der Waals surface area (Å²) >= 11 is 0. The minimum absolute atomic E-state index is 0.0513. The number of para-hydroxylation sites is 3. The Hall–Kier alpha value is -5.09. The highest BCUT2D eigenvalue weighted by atomic mass is 19.1. The first-order valence-electron chi connectivity index (χ1n) is 14.1. The van der Waals surface area contributed by atoms with Gasteiger partial charge in [0.1, 0.15) is 5.82 Å². The van der Waals surface area contributed by atoms with Crippen molar-refractivity contribution in [3.05, 3.63) is 133 Å². The van der Waals surface area contributed by atoms with E-state index >= 15 is 4.39 Å². The lowest BCUT2D eigenvalue weighted by Gasteiger charge is -2.35. The van der Waals surface area contributed by atoms with Crippen LogP contribution in [-0.2, 0) is 0 Å². The zero-order chi connectivity index (χ0) is 27.2. The quantitative estimate of drug-likeness (QED) is 0.232. The van der Waals surface area contributed by atoms with Gasteiger partial charge in [0.05, 0.1) is 5.52 Å². The van der Waals surface area contributed by atoms with Crippen molar-refractivity contribution < 1.29 is 4.39 Å². The topological polar surface area (TPSA) is 17.0 Å². The van der Waals surface area contributed by atoms with Gasteiger partial charge in [-0.1, -0.05) is 97.1 Å². The lowest BCUT2D eigenvalue weighted by molar-refractivity contribution is 0.631. The van der Waals surface area contributed by atoms with Gasteiger partial charge in [-0.15, -0.1) is 0 Å². The summed E-state index contributed by atoms with van der Waals surface area (Å²) < 4.78 is 17.6. The highest BCUT2D eigenvalue weighted by molar-refractivity contribution is 7.00. The third-order valence-electron chi connectivity index (χ3n) is 9.01. The molecule has 0 atom stereocenters. The van der Waals surface area contributed by atoms with Crippen LogP contribution >= 0.6 is 0 Å². The Kier molecular flexibility index (Phi) is 4.55. The minimum atomic E-state index is -0.216. The maximum Gasteiger partial charge on any atom is 0.252 e. The van der Waals surface area contributed by atoms with E-state index in [-0.39, 0.29) is 12.5 Å². The standard InChI is InChI=1S/C37H24BFN2/c1-22-10-2-3-11-24(22)27-14-8-16-29-36(27)40-32-20-23(25-12-4-6-18-31(25)39)21-34-35(32)38(29)30-17-9-15-28-26-13-5-7-19-33(26)41(34)37(28)30/h2-21,40H,1H3. The van der Waals surface area contributed by atoms with E-state index in [0.717, 1.165) is 22.6 Å². The molecule has 1 N–H and O–H groups in total. The van der Waals surface area contributed by atoms with Gasteiger partial charge < -0.3 is 9.88 Å². The van der Waals surface area contributed by atoms with Crippen LogP contribution in [0.1, 0.15) is 5.56 Å². The van der Waals surface area contributed by atoms with Crippen molar-refractivity contribution in [2.45, 2.75) is 6.92 Å². The number of aryl methyl sites for hydroxylation is 1. The van der Waals surface area contributed by atoms with Gasteiger partial charge in [0, 0.05) is 44.5 Å². The summed E-state index contributed by atoms with van der Waals surface area (Å²) in [5.74, 6) is -0.216. The Balaban J connectivity index is 1.44. The number of benzene rings is 6. The third kappa shape index (κ3) is 3.02. The zero-order valence-corrected chi connectivity index (χ0v) is 22.4. The van der Waals surface area contributed by atoms with Crippen molar-refractivity contribution in [2.75, 3.05) is 5.32 Å². The Morgan fingerprint density at radius 1 is 0.659 bits per heavy atom. The van der Waals surface area contributed by atoms with E-state index in [0.29, 0.717) is 5.56 Å². The third-order valence-corrected chi connectivity index (χ3v) is 9.01. The number of hydrogen-bond acceptors (Lipinski definition) is 1. The van der Waals surface area contributed by atoms with Crippen LogP contribution in [0.2, 0.25) is 0 Å². The number of hydrogen-bond donors (Lipinski definition) is 1. The SMILES string of the molecule is Cc1ccccc1-c1cccc2c1Nc1cc(-c3ccccc3F)cc3c1B2c1cccc2c4ccccc4n-3c12. The molecule has 0 aliphatic carbocycles. The van der Waals surface area contributed by atoms with E-state index in [4.69, 9.17) is 0 Å². The molecule has 192 valence electrons. The summed E-state index contributed by atoms with van der Waals surface area (Å²) in [5.41, 5.74) is 14.6. The lowest BCUT2D eigenvalue weighted by Crippen LogP contribution is -2.59.